The number of methoxy groups -OCH3 is 1. The van der Waals surface area contributed by atoms with Crippen LogP contribution in [0.15, 0.2) is 24.3 Å². The predicted octanol–water partition coefficient (Wildman–Crippen LogP) is 1.92. The molecular weight excluding hydrogens is 233 g/mol. The van der Waals surface area contributed by atoms with Crippen molar-refractivity contribution in [3.8, 4) is 5.88 Å². The predicted molar refractivity (Wildman–Crippen MR) is 66.9 cm³/mol. The third-order valence-corrected chi connectivity index (χ3v) is 2.94. The molecule has 2 N–H and O–H groups in total. The Bertz CT molecular complexity index is 565. The van der Waals surface area contributed by atoms with Gasteiger partial charge in [0.1, 0.15) is 5.82 Å². The molecule has 1 aromatic carbocycles. The molecule has 1 heterocycles. The minimum absolute atomic E-state index is 0.258. The number of rotatable bonds is 3. The van der Waals surface area contributed by atoms with Gasteiger partial charge in [0.25, 0.3) is 0 Å². The third-order valence-electron chi connectivity index (χ3n) is 2.94. The van der Waals surface area contributed by atoms with Crippen LogP contribution in [0.5, 0.6) is 5.88 Å². The Morgan fingerprint density at radius 2 is 2.11 bits per heavy atom. The second-order valence-corrected chi connectivity index (χ2v) is 4.22. The summed E-state index contributed by atoms with van der Waals surface area (Å²) in [6.45, 7) is 1.72. The van der Waals surface area contributed by atoms with Gasteiger partial charge in [-0.3, -0.25) is 0 Å². The van der Waals surface area contributed by atoms with Crippen molar-refractivity contribution in [3.05, 3.63) is 46.9 Å². The smallest absolute Gasteiger partial charge is 0.211 e. The van der Waals surface area contributed by atoms with Crippen molar-refractivity contribution in [1.82, 2.24) is 9.78 Å². The Kier molecular flexibility index (Phi) is 3.34. The lowest BCUT2D eigenvalue weighted by Crippen LogP contribution is -2.13. The van der Waals surface area contributed by atoms with E-state index in [0.717, 1.165) is 0 Å². The number of aromatic nitrogens is 2. The first-order valence-electron chi connectivity index (χ1n) is 5.62. The van der Waals surface area contributed by atoms with Gasteiger partial charge in [0.05, 0.1) is 18.8 Å². The van der Waals surface area contributed by atoms with E-state index in [1.165, 1.54) is 6.07 Å². The summed E-state index contributed by atoms with van der Waals surface area (Å²) in [4.78, 5) is 0. The van der Waals surface area contributed by atoms with Gasteiger partial charge in [-0.15, -0.1) is 0 Å². The van der Waals surface area contributed by atoms with Crippen molar-refractivity contribution in [2.75, 3.05) is 7.11 Å². The lowest BCUT2D eigenvalue weighted by Gasteiger charge is -2.09. The van der Waals surface area contributed by atoms with Gasteiger partial charge in [0.2, 0.25) is 5.88 Å². The quantitative estimate of drug-likeness (QED) is 0.904. The maximum Gasteiger partial charge on any atom is 0.211 e. The summed E-state index contributed by atoms with van der Waals surface area (Å²) in [5.74, 6) is 0.360. The van der Waals surface area contributed by atoms with Gasteiger partial charge in [-0.05, 0) is 24.1 Å². The molecule has 5 heteroatoms. The van der Waals surface area contributed by atoms with Crippen molar-refractivity contribution in [2.45, 2.75) is 13.0 Å². The molecule has 0 aliphatic rings. The fourth-order valence-electron chi connectivity index (χ4n) is 1.79. The fourth-order valence-corrected chi connectivity index (χ4v) is 1.79. The van der Waals surface area contributed by atoms with Crippen LogP contribution in [0, 0.1) is 12.7 Å². The van der Waals surface area contributed by atoms with E-state index < -0.39 is 6.04 Å². The number of hydrogen-bond donors (Lipinski definition) is 1. The Morgan fingerprint density at radius 3 is 2.67 bits per heavy atom. The van der Waals surface area contributed by atoms with Crippen LogP contribution in [-0.2, 0) is 7.05 Å². The molecule has 0 aliphatic heterocycles. The molecule has 18 heavy (non-hydrogen) atoms. The van der Waals surface area contributed by atoms with Crippen LogP contribution in [0.2, 0.25) is 0 Å². The van der Waals surface area contributed by atoms with Gasteiger partial charge in [-0.1, -0.05) is 12.1 Å². The molecule has 0 bridgehead atoms. The number of nitrogens with zero attached hydrogens (tertiary/aromatic N) is 2. The first-order chi connectivity index (χ1) is 8.52. The Labute approximate surface area is 105 Å². The van der Waals surface area contributed by atoms with Crippen LogP contribution >= 0.6 is 0 Å². The number of benzene rings is 1. The number of halogens is 1. The lowest BCUT2D eigenvalue weighted by atomic mass is 10.0. The van der Waals surface area contributed by atoms with Crippen molar-refractivity contribution in [3.63, 3.8) is 0 Å². The summed E-state index contributed by atoms with van der Waals surface area (Å²) in [6.07, 6.45) is 0. The molecule has 0 saturated heterocycles. The molecule has 0 radical (unpaired) electrons. The molecular formula is C13H16FN3O. The first-order valence-corrected chi connectivity index (χ1v) is 5.62. The van der Waals surface area contributed by atoms with E-state index in [1.807, 2.05) is 6.07 Å². The Morgan fingerprint density at radius 1 is 1.39 bits per heavy atom. The zero-order valence-corrected chi connectivity index (χ0v) is 10.6. The molecule has 1 atom stereocenters. The van der Waals surface area contributed by atoms with E-state index >= 15 is 0 Å². The van der Waals surface area contributed by atoms with Crippen LogP contribution < -0.4 is 10.5 Å². The topological polar surface area (TPSA) is 53.1 Å². The molecule has 2 rings (SSSR count). The molecule has 1 unspecified atom stereocenters. The van der Waals surface area contributed by atoms with Gasteiger partial charge >= 0.3 is 0 Å². The summed E-state index contributed by atoms with van der Waals surface area (Å²) >= 11 is 0. The molecule has 1 aromatic heterocycles. The third kappa shape index (κ3) is 2.22. The van der Waals surface area contributed by atoms with Gasteiger partial charge < -0.3 is 10.5 Å². The average Bonchev–Trinajstić information content (AvgIpc) is 2.73. The average molecular weight is 249 g/mol. The second-order valence-electron chi connectivity index (χ2n) is 4.22. The number of nitrogens with two attached hydrogens (primary N) is 1. The van der Waals surface area contributed by atoms with Crippen molar-refractivity contribution >= 4 is 0 Å². The van der Waals surface area contributed by atoms with Crippen LogP contribution in [0.1, 0.15) is 22.9 Å². The number of ether oxygens (including phenoxy) is 1. The Hall–Kier alpha value is -1.88. The zero-order valence-electron chi connectivity index (χ0n) is 10.6. The molecule has 0 aliphatic carbocycles. The second kappa shape index (κ2) is 4.78. The summed E-state index contributed by atoms with van der Waals surface area (Å²) in [6, 6.07) is 6.26. The normalized spacial score (nSPS) is 12.5. The minimum atomic E-state index is -0.463. The van der Waals surface area contributed by atoms with Gasteiger partial charge in [-0.25, -0.2) is 9.07 Å². The minimum Gasteiger partial charge on any atom is -0.481 e. The summed E-state index contributed by atoms with van der Waals surface area (Å²) in [5, 5.41) is 4.25. The van der Waals surface area contributed by atoms with Crippen LogP contribution in [0.4, 0.5) is 4.39 Å². The van der Waals surface area contributed by atoms with E-state index in [9.17, 15) is 4.39 Å². The largest absolute Gasteiger partial charge is 0.481 e. The summed E-state index contributed by atoms with van der Waals surface area (Å²) in [5.41, 5.74) is 8.02. The van der Waals surface area contributed by atoms with Gasteiger partial charge in [-0.2, -0.15) is 5.10 Å². The summed E-state index contributed by atoms with van der Waals surface area (Å²) < 4.78 is 20.2. The van der Waals surface area contributed by atoms with E-state index in [2.05, 4.69) is 5.10 Å². The molecule has 0 amide bonds. The van der Waals surface area contributed by atoms with E-state index in [1.54, 1.807) is 37.9 Å². The van der Waals surface area contributed by atoms with E-state index in [-0.39, 0.29) is 5.82 Å². The van der Waals surface area contributed by atoms with Crippen LogP contribution in [0.25, 0.3) is 0 Å². The maximum atomic E-state index is 13.5. The zero-order chi connectivity index (χ0) is 13.3. The van der Waals surface area contributed by atoms with Crippen molar-refractivity contribution in [1.29, 1.82) is 0 Å². The van der Waals surface area contributed by atoms with E-state index in [4.69, 9.17) is 10.5 Å². The van der Waals surface area contributed by atoms with E-state index in [0.29, 0.717) is 22.7 Å². The highest BCUT2D eigenvalue weighted by Gasteiger charge is 2.15. The highest BCUT2D eigenvalue weighted by Crippen LogP contribution is 2.23. The van der Waals surface area contributed by atoms with Gasteiger partial charge in [0, 0.05) is 13.1 Å². The highest BCUT2D eigenvalue weighted by atomic mass is 19.1. The monoisotopic (exact) mass is 249 g/mol. The SMILES string of the molecule is COc1cc(C(N)c2ccc(C)c(F)c2)nn1C. The molecule has 4 nitrogen and oxygen atoms in total. The standard InChI is InChI=1S/C13H16FN3O/c1-8-4-5-9(6-10(8)14)13(15)11-7-12(18-3)17(2)16-11/h4-7,13H,15H2,1-3H3. The highest BCUT2D eigenvalue weighted by molar-refractivity contribution is 5.32. The first kappa shape index (κ1) is 12.6. The van der Waals surface area contributed by atoms with Crippen LogP contribution in [-0.4, -0.2) is 16.9 Å². The molecule has 2 aromatic rings. The molecule has 0 saturated carbocycles. The molecule has 0 spiro atoms. The Balaban J connectivity index is 2.34. The molecule has 0 fully saturated rings. The molecule has 96 valence electrons. The van der Waals surface area contributed by atoms with Crippen molar-refractivity contribution < 1.29 is 9.13 Å². The fraction of sp³-hybridized carbons (Fsp3) is 0.308. The van der Waals surface area contributed by atoms with Crippen molar-refractivity contribution in [2.24, 2.45) is 12.8 Å². The number of hydrogen-bond acceptors (Lipinski definition) is 3. The number of aryl methyl sites for hydroxylation is 2. The summed E-state index contributed by atoms with van der Waals surface area (Å²) in [7, 11) is 3.34. The maximum absolute atomic E-state index is 13.5. The van der Waals surface area contributed by atoms with Crippen LogP contribution in [0.3, 0.4) is 0 Å². The lowest BCUT2D eigenvalue weighted by molar-refractivity contribution is 0.373. The van der Waals surface area contributed by atoms with Gasteiger partial charge in [0.15, 0.2) is 0 Å².